The van der Waals surface area contributed by atoms with Crippen LogP contribution < -0.4 is 10.4 Å². The average molecular weight is 301 g/mol. The third-order valence-corrected chi connectivity index (χ3v) is 3.54. The number of hydrazine groups is 1. The van der Waals surface area contributed by atoms with Crippen LogP contribution in [0.1, 0.15) is 11.6 Å². The molecule has 0 fully saturated rings. The second-order valence-corrected chi connectivity index (χ2v) is 5.11. The summed E-state index contributed by atoms with van der Waals surface area (Å²) in [4.78, 5) is 0. The molecular formula is C15H13BrN2. The zero-order chi connectivity index (χ0) is 12.4. The van der Waals surface area contributed by atoms with Crippen molar-refractivity contribution in [3.63, 3.8) is 0 Å². The van der Waals surface area contributed by atoms with Gasteiger partial charge in [-0.25, -0.2) is 0 Å². The maximum absolute atomic E-state index is 3.46. The van der Waals surface area contributed by atoms with E-state index in [9.17, 15) is 0 Å². The fraction of sp³-hybridized carbons (Fsp3) is 0.0667. The highest BCUT2D eigenvalue weighted by Crippen LogP contribution is 2.30. The number of rotatable bonds is 2. The molecule has 0 radical (unpaired) electrons. The number of nitrogens with zero attached hydrogens (tertiary/aromatic N) is 1. The summed E-state index contributed by atoms with van der Waals surface area (Å²) in [6.45, 7) is 0. The van der Waals surface area contributed by atoms with Crippen LogP contribution in [0.25, 0.3) is 0 Å². The van der Waals surface area contributed by atoms with E-state index in [0.717, 1.165) is 10.2 Å². The van der Waals surface area contributed by atoms with Gasteiger partial charge in [0, 0.05) is 10.7 Å². The molecule has 1 unspecified atom stereocenters. The molecule has 3 rings (SSSR count). The van der Waals surface area contributed by atoms with Crippen molar-refractivity contribution in [2.75, 3.05) is 5.01 Å². The molecule has 0 aromatic heterocycles. The third-order valence-electron chi connectivity index (χ3n) is 3.02. The van der Waals surface area contributed by atoms with Gasteiger partial charge < -0.3 is 5.43 Å². The van der Waals surface area contributed by atoms with E-state index in [4.69, 9.17) is 0 Å². The number of halogens is 1. The molecule has 0 amide bonds. The molecule has 0 spiro atoms. The van der Waals surface area contributed by atoms with E-state index in [2.05, 4.69) is 81.0 Å². The fourth-order valence-corrected chi connectivity index (χ4v) is 2.39. The van der Waals surface area contributed by atoms with Crippen molar-refractivity contribution in [3.8, 4) is 0 Å². The Hall–Kier alpha value is -1.74. The van der Waals surface area contributed by atoms with E-state index < -0.39 is 0 Å². The van der Waals surface area contributed by atoms with Gasteiger partial charge in [-0.05, 0) is 35.9 Å². The number of anilines is 1. The molecule has 90 valence electrons. The Morgan fingerprint density at radius 1 is 0.944 bits per heavy atom. The maximum atomic E-state index is 3.46. The van der Waals surface area contributed by atoms with Gasteiger partial charge in [0.15, 0.2) is 0 Å². The molecule has 3 heteroatoms. The molecule has 1 N–H and O–H groups in total. The van der Waals surface area contributed by atoms with Crippen LogP contribution in [0.5, 0.6) is 0 Å². The molecule has 0 aliphatic carbocycles. The Balaban J connectivity index is 1.91. The van der Waals surface area contributed by atoms with Gasteiger partial charge in [-0.2, -0.15) is 0 Å². The SMILES string of the molecule is Brc1ccc(N2NC=CC2c2ccccc2)cc1. The van der Waals surface area contributed by atoms with E-state index in [-0.39, 0.29) is 6.04 Å². The average Bonchev–Trinajstić information content (AvgIpc) is 2.90. The van der Waals surface area contributed by atoms with Gasteiger partial charge in [-0.3, -0.25) is 5.01 Å². The van der Waals surface area contributed by atoms with Crippen LogP contribution in [-0.2, 0) is 0 Å². The van der Waals surface area contributed by atoms with E-state index in [1.54, 1.807) is 0 Å². The van der Waals surface area contributed by atoms with Gasteiger partial charge >= 0.3 is 0 Å². The number of nitrogens with one attached hydrogen (secondary N) is 1. The first-order chi connectivity index (χ1) is 8.84. The molecule has 1 aliphatic heterocycles. The lowest BCUT2D eigenvalue weighted by molar-refractivity contribution is 0.718. The number of hydrogen-bond acceptors (Lipinski definition) is 2. The summed E-state index contributed by atoms with van der Waals surface area (Å²) in [6.07, 6.45) is 4.15. The standard InChI is InChI=1S/C15H13BrN2/c16-13-6-8-14(9-7-13)18-15(10-11-17-18)12-4-2-1-3-5-12/h1-11,15,17H. The predicted molar refractivity (Wildman–Crippen MR) is 78.1 cm³/mol. The highest BCUT2D eigenvalue weighted by molar-refractivity contribution is 9.10. The summed E-state index contributed by atoms with van der Waals surface area (Å²) >= 11 is 3.46. The lowest BCUT2D eigenvalue weighted by atomic mass is 10.1. The van der Waals surface area contributed by atoms with E-state index in [1.807, 2.05) is 12.3 Å². The minimum Gasteiger partial charge on any atom is -0.305 e. The quantitative estimate of drug-likeness (QED) is 0.901. The van der Waals surface area contributed by atoms with Crippen LogP contribution in [0.15, 0.2) is 71.3 Å². The first-order valence-electron chi connectivity index (χ1n) is 5.87. The molecule has 0 saturated heterocycles. The second-order valence-electron chi connectivity index (χ2n) is 4.19. The minimum absolute atomic E-state index is 0.243. The normalized spacial score (nSPS) is 17.8. The van der Waals surface area contributed by atoms with Crippen molar-refractivity contribution in [2.45, 2.75) is 6.04 Å². The summed E-state index contributed by atoms with van der Waals surface area (Å²) in [5.41, 5.74) is 5.71. The Morgan fingerprint density at radius 3 is 2.39 bits per heavy atom. The third kappa shape index (κ3) is 2.14. The summed E-state index contributed by atoms with van der Waals surface area (Å²) in [7, 11) is 0. The minimum atomic E-state index is 0.243. The van der Waals surface area contributed by atoms with Crippen LogP contribution in [0.4, 0.5) is 5.69 Å². The van der Waals surface area contributed by atoms with Crippen LogP contribution in [-0.4, -0.2) is 0 Å². The predicted octanol–water partition coefficient (Wildman–Crippen LogP) is 4.03. The van der Waals surface area contributed by atoms with Crippen LogP contribution in [0, 0.1) is 0 Å². The van der Waals surface area contributed by atoms with Gasteiger partial charge in [0.25, 0.3) is 0 Å². The van der Waals surface area contributed by atoms with Crippen LogP contribution >= 0.6 is 15.9 Å². The Labute approximate surface area is 115 Å². The van der Waals surface area contributed by atoms with Gasteiger partial charge in [0.1, 0.15) is 0 Å². The topological polar surface area (TPSA) is 15.3 Å². The zero-order valence-electron chi connectivity index (χ0n) is 9.75. The summed E-state index contributed by atoms with van der Waals surface area (Å²) in [6, 6.07) is 19.0. The van der Waals surface area contributed by atoms with Crippen molar-refractivity contribution in [1.29, 1.82) is 0 Å². The van der Waals surface area contributed by atoms with Crippen LogP contribution in [0.2, 0.25) is 0 Å². The molecule has 18 heavy (non-hydrogen) atoms. The number of benzene rings is 2. The Bertz CT molecular complexity index is 548. The molecule has 2 aromatic rings. The van der Waals surface area contributed by atoms with Crippen molar-refractivity contribution in [2.24, 2.45) is 0 Å². The molecule has 2 aromatic carbocycles. The molecule has 2 nitrogen and oxygen atoms in total. The van der Waals surface area contributed by atoms with E-state index >= 15 is 0 Å². The van der Waals surface area contributed by atoms with Gasteiger partial charge in [0.05, 0.1) is 11.7 Å². The number of hydrogen-bond donors (Lipinski definition) is 1. The first-order valence-corrected chi connectivity index (χ1v) is 6.66. The second kappa shape index (κ2) is 4.86. The van der Waals surface area contributed by atoms with Gasteiger partial charge in [-0.1, -0.05) is 46.3 Å². The smallest absolute Gasteiger partial charge is 0.0952 e. The van der Waals surface area contributed by atoms with Crippen molar-refractivity contribution >= 4 is 21.6 Å². The summed E-state index contributed by atoms with van der Waals surface area (Å²) < 4.78 is 1.09. The van der Waals surface area contributed by atoms with Crippen molar-refractivity contribution < 1.29 is 0 Å². The van der Waals surface area contributed by atoms with Gasteiger partial charge in [0.2, 0.25) is 0 Å². The Morgan fingerprint density at radius 2 is 1.67 bits per heavy atom. The molecule has 1 atom stereocenters. The summed E-state index contributed by atoms with van der Waals surface area (Å²) in [5, 5.41) is 2.15. The van der Waals surface area contributed by atoms with Crippen molar-refractivity contribution in [1.82, 2.24) is 5.43 Å². The lowest BCUT2D eigenvalue weighted by Gasteiger charge is -2.27. The van der Waals surface area contributed by atoms with E-state index in [0.29, 0.717) is 0 Å². The monoisotopic (exact) mass is 300 g/mol. The summed E-state index contributed by atoms with van der Waals surface area (Å²) in [5.74, 6) is 0. The van der Waals surface area contributed by atoms with E-state index in [1.165, 1.54) is 5.56 Å². The molecule has 0 bridgehead atoms. The van der Waals surface area contributed by atoms with Crippen molar-refractivity contribution in [3.05, 3.63) is 76.9 Å². The highest BCUT2D eigenvalue weighted by atomic mass is 79.9. The molecule has 1 heterocycles. The largest absolute Gasteiger partial charge is 0.305 e. The Kier molecular flexibility index (Phi) is 3.07. The van der Waals surface area contributed by atoms with Crippen LogP contribution in [0.3, 0.4) is 0 Å². The fourth-order valence-electron chi connectivity index (χ4n) is 2.13. The molecule has 0 saturated carbocycles. The molecular weight excluding hydrogens is 288 g/mol. The molecule has 1 aliphatic rings. The zero-order valence-corrected chi connectivity index (χ0v) is 11.3. The highest BCUT2D eigenvalue weighted by Gasteiger charge is 2.21. The van der Waals surface area contributed by atoms with Gasteiger partial charge in [-0.15, -0.1) is 0 Å². The lowest BCUT2D eigenvalue weighted by Crippen LogP contribution is -2.32. The first kappa shape index (κ1) is 11.4. The maximum Gasteiger partial charge on any atom is 0.0952 e.